The maximum atomic E-state index is 9.33. The lowest BCUT2D eigenvalue weighted by Gasteiger charge is -2.10. The fraction of sp³-hybridized carbons (Fsp3) is 0.273. The van der Waals surface area contributed by atoms with E-state index in [1.807, 2.05) is 37.2 Å². The Labute approximate surface area is 98.7 Å². The van der Waals surface area contributed by atoms with Crippen molar-refractivity contribution in [3.8, 4) is 5.75 Å². The van der Waals surface area contributed by atoms with Crippen molar-refractivity contribution in [2.24, 2.45) is 0 Å². The number of hydrogen-bond acceptors (Lipinski definition) is 4. The van der Waals surface area contributed by atoms with E-state index in [4.69, 9.17) is 19.8 Å². The van der Waals surface area contributed by atoms with E-state index in [1.165, 1.54) is 0 Å². The normalized spacial score (nSPS) is 9.35. The van der Waals surface area contributed by atoms with Gasteiger partial charge in [-0.25, -0.2) is 9.59 Å². The van der Waals surface area contributed by atoms with Crippen molar-refractivity contribution < 1.29 is 24.9 Å². The number of phenols is 1. The molecule has 6 heteroatoms. The monoisotopic (exact) mass is 241 g/mol. The van der Waals surface area contributed by atoms with Gasteiger partial charge in [-0.05, 0) is 20.2 Å². The van der Waals surface area contributed by atoms with Crippen molar-refractivity contribution in [2.75, 3.05) is 14.1 Å². The van der Waals surface area contributed by atoms with E-state index in [1.54, 1.807) is 6.07 Å². The van der Waals surface area contributed by atoms with Gasteiger partial charge in [0.05, 0.1) is 0 Å². The Kier molecular flexibility index (Phi) is 6.35. The van der Waals surface area contributed by atoms with Gasteiger partial charge in [-0.2, -0.15) is 0 Å². The first-order valence-electron chi connectivity index (χ1n) is 4.72. The molecule has 3 N–H and O–H groups in total. The first kappa shape index (κ1) is 14.9. The van der Waals surface area contributed by atoms with Crippen LogP contribution in [0.4, 0.5) is 0 Å². The fourth-order valence-electron chi connectivity index (χ4n) is 0.985. The van der Waals surface area contributed by atoms with E-state index in [2.05, 4.69) is 0 Å². The van der Waals surface area contributed by atoms with Crippen LogP contribution in [0, 0.1) is 0 Å². The summed E-state index contributed by atoms with van der Waals surface area (Å²) in [7, 11) is 3.96. The number of carboxylic acids is 2. The fourth-order valence-corrected chi connectivity index (χ4v) is 0.985. The summed E-state index contributed by atoms with van der Waals surface area (Å²) in [5.74, 6) is -3.27. The molecule has 0 bridgehead atoms. The second-order valence-electron chi connectivity index (χ2n) is 3.48. The summed E-state index contributed by atoms with van der Waals surface area (Å²) in [5, 5.41) is 24.1. The van der Waals surface area contributed by atoms with Gasteiger partial charge in [0, 0.05) is 12.1 Å². The molecule has 0 unspecified atom stereocenters. The van der Waals surface area contributed by atoms with Crippen LogP contribution in [-0.2, 0) is 16.1 Å². The third-order valence-corrected chi connectivity index (χ3v) is 1.66. The molecule has 1 aromatic rings. The van der Waals surface area contributed by atoms with Crippen LogP contribution in [0.25, 0.3) is 0 Å². The van der Waals surface area contributed by atoms with E-state index >= 15 is 0 Å². The topological polar surface area (TPSA) is 98.1 Å². The first-order chi connectivity index (χ1) is 7.84. The van der Waals surface area contributed by atoms with Gasteiger partial charge >= 0.3 is 11.9 Å². The van der Waals surface area contributed by atoms with Crippen LogP contribution >= 0.6 is 0 Å². The molecule has 6 nitrogen and oxygen atoms in total. The molecule has 1 rings (SSSR count). The lowest BCUT2D eigenvalue weighted by atomic mass is 10.2. The molecular formula is C11H15NO5. The largest absolute Gasteiger partial charge is 0.508 e. The Morgan fingerprint density at radius 2 is 1.59 bits per heavy atom. The third kappa shape index (κ3) is 6.91. The number of benzene rings is 1. The van der Waals surface area contributed by atoms with Gasteiger partial charge in [0.25, 0.3) is 0 Å². The predicted molar refractivity (Wildman–Crippen MR) is 60.8 cm³/mol. The third-order valence-electron chi connectivity index (χ3n) is 1.66. The molecule has 0 saturated carbocycles. The smallest absolute Gasteiger partial charge is 0.414 e. The van der Waals surface area contributed by atoms with Crippen LogP contribution < -0.4 is 0 Å². The van der Waals surface area contributed by atoms with E-state index in [-0.39, 0.29) is 0 Å². The van der Waals surface area contributed by atoms with Gasteiger partial charge < -0.3 is 20.2 Å². The molecule has 0 radical (unpaired) electrons. The number of hydrogen-bond donors (Lipinski definition) is 3. The highest BCUT2D eigenvalue weighted by Crippen LogP contribution is 2.16. The lowest BCUT2D eigenvalue weighted by Crippen LogP contribution is -2.10. The zero-order chi connectivity index (χ0) is 13.4. The number of carboxylic acid groups (broad SMARTS) is 2. The van der Waals surface area contributed by atoms with Crippen LogP contribution in [0.2, 0.25) is 0 Å². The van der Waals surface area contributed by atoms with Crippen molar-refractivity contribution in [3.63, 3.8) is 0 Å². The predicted octanol–water partition coefficient (Wildman–Crippen LogP) is 0.609. The Bertz CT molecular complexity index is 377. The molecule has 17 heavy (non-hydrogen) atoms. The van der Waals surface area contributed by atoms with Crippen LogP contribution in [0.5, 0.6) is 5.75 Å². The van der Waals surface area contributed by atoms with Gasteiger partial charge in [0.1, 0.15) is 5.75 Å². The van der Waals surface area contributed by atoms with E-state index in [0.29, 0.717) is 5.75 Å². The highest BCUT2D eigenvalue weighted by Gasteiger charge is 2.04. The standard InChI is InChI=1S/C9H13NO.C2H2O4/c1-10(2)7-8-5-3-4-6-9(8)11;3-1(4)2(5)6/h3-6,11H,7H2,1-2H3;(H,3,4)(H,5,6). The van der Waals surface area contributed by atoms with Gasteiger partial charge in [-0.1, -0.05) is 18.2 Å². The minimum Gasteiger partial charge on any atom is -0.508 e. The molecule has 0 spiro atoms. The van der Waals surface area contributed by atoms with Crippen molar-refractivity contribution in [3.05, 3.63) is 29.8 Å². The Morgan fingerprint density at radius 1 is 1.12 bits per heavy atom. The van der Waals surface area contributed by atoms with E-state index < -0.39 is 11.9 Å². The van der Waals surface area contributed by atoms with Gasteiger partial charge in [0.2, 0.25) is 0 Å². The molecule has 0 aromatic heterocycles. The number of carbonyl (C=O) groups is 2. The summed E-state index contributed by atoms with van der Waals surface area (Å²) in [6.07, 6.45) is 0. The van der Waals surface area contributed by atoms with Crippen LogP contribution in [-0.4, -0.2) is 46.3 Å². The van der Waals surface area contributed by atoms with Crippen LogP contribution in [0.15, 0.2) is 24.3 Å². The quantitative estimate of drug-likeness (QED) is 0.656. The number of aliphatic carboxylic acids is 2. The molecular weight excluding hydrogens is 226 g/mol. The molecule has 0 atom stereocenters. The zero-order valence-corrected chi connectivity index (χ0v) is 9.62. The van der Waals surface area contributed by atoms with Crippen molar-refractivity contribution in [1.29, 1.82) is 0 Å². The molecule has 0 fully saturated rings. The van der Waals surface area contributed by atoms with Crippen LogP contribution in [0.3, 0.4) is 0 Å². The Hall–Kier alpha value is -2.08. The summed E-state index contributed by atoms with van der Waals surface area (Å²) in [4.78, 5) is 20.2. The highest BCUT2D eigenvalue weighted by atomic mass is 16.4. The molecule has 94 valence electrons. The summed E-state index contributed by atoms with van der Waals surface area (Å²) in [6, 6.07) is 7.39. The molecule has 1 aromatic carbocycles. The van der Waals surface area contributed by atoms with Gasteiger partial charge in [-0.3, -0.25) is 0 Å². The molecule has 0 aliphatic heterocycles. The van der Waals surface area contributed by atoms with Gasteiger partial charge in [0.15, 0.2) is 0 Å². The lowest BCUT2D eigenvalue weighted by molar-refractivity contribution is -0.159. The average Bonchev–Trinajstić information content (AvgIpc) is 2.21. The summed E-state index contributed by atoms with van der Waals surface area (Å²) in [6.45, 7) is 0.784. The maximum absolute atomic E-state index is 9.33. The van der Waals surface area contributed by atoms with Gasteiger partial charge in [-0.15, -0.1) is 0 Å². The Balaban J connectivity index is 0.000000366. The maximum Gasteiger partial charge on any atom is 0.414 e. The van der Waals surface area contributed by atoms with E-state index in [9.17, 15) is 5.11 Å². The zero-order valence-electron chi connectivity index (χ0n) is 9.62. The number of aromatic hydroxyl groups is 1. The second kappa shape index (κ2) is 7.24. The SMILES string of the molecule is CN(C)Cc1ccccc1O.O=C(O)C(=O)O. The minimum atomic E-state index is -1.82. The molecule has 0 amide bonds. The highest BCUT2D eigenvalue weighted by molar-refractivity contribution is 6.27. The van der Waals surface area contributed by atoms with Crippen molar-refractivity contribution in [1.82, 2.24) is 4.90 Å². The molecule has 0 saturated heterocycles. The first-order valence-corrected chi connectivity index (χ1v) is 4.72. The van der Waals surface area contributed by atoms with Crippen molar-refractivity contribution in [2.45, 2.75) is 6.54 Å². The number of para-hydroxylation sites is 1. The number of phenolic OH excluding ortho intramolecular Hbond substituents is 1. The number of nitrogens with zero attached hydrogens (tertiary/aromatic N) is 1. The molecule has 0 aliphatic rings. The summed E-state index contributed by atoms with van der Waals surface area (Å²) < 4.78 is 0. The van der Waals surface area contributed by atoms with Crippen molar-refractivity contribution >= 4 is 11.9 Å². The minimum absolute atomic E-state index is 0.376. The molecule has 0 aliphatic carbocycles. The van der Waals surface area contributed by atoms with Crippen LogP contribution in [0.1, 0.15) is 5.56 Å². The molecule has 0 heterocycles. The Morgan fingerprint density at radius 3 is 1.94 bits per heavy atom. The summed E-state index contributed by atoms with van der Waals surface area (Å²) >= 11 is 0. The summed E-state index contributed by atoms with van der Waals surface area (Å²) in [5.41, 5.74) is 0.970. The van der Waals surface area contributed by atoms with E-state index in [0.717, 1.165) is 12.1 Å². The number of rotatable bonds is 2. The second-order valence-corrected chi connectivity index (χ2v) is 3.48. The average molecular weight is 241 g/mol.